The number of thioether (sulfide) groups is 1. The van der Waals surface area contributed by atoms with Crippen LogP contribution in [0.4, 0.5) is 0 Å². The van der Waals surface area contributed by atoms with Crippen LogP contribution in [0.5, 0.6) is 0 Å². The second-order valence-electron chi connectivity index (χ2n) is 1.83. The SMILES string of the molecule is ClCSC1CCC1. The molecule has 0 aromatic rings. The highest BCUT2D eigenvalue weighted by molar-refractivity contribution is 8.01. The molecule has 0 N–H and O–H groups in total. The number of hydrogen-bond acceptors (Lipinski definition) is 1. The van der Waals surface area contributed by atoms with E-state index in [1.807, 2.05) is 11.8 Å². The summed E-state index contributed by atoms with van der Waals surface area (Å²) in [5.74, 6) is 0. The van der Waals surface area contributed by atoms with Gasteiger partial charge in [-0.3, -0.25) is 0 Å². The van der Waals surface area contributed by atoms with E-state index in [4.69, 9.17) is 11.6 Å². The summed E-state index contributed by atoms with van der Waals surface area (Å²) in [7, 11) is 0. The first-order valence-electron chi connectivity index (χ1n) is 2.61. The molecule has 0 radical (unpaired) electrons. The first-order valence-corrected chi connectivity index (χ1v) is 4.19. The fourth-order valence-corrected chi connectivity index (χ4v) is 2.01. The molecule has 0 aromatic carbocycles. The van der Waals surface area contributed by atoms with Crippen molar-refractivity contribution >= 4 is 23.4 Å². The van der Waals surface area contributed by atoms with E-state index in [9.17, 15) is 0 Å². The van der Waals surface area contributed by atoms with Gasteiger partial charge in [0.05, 0.1) is 5.21 Å². The Labute approximate surface area is 53.6 Å². The molecule has 42 valence electrons. The predicted octanol–water partition coefficient (Wildman–Crippen LogP) is 2.47. The minimum Gasteiger partial charge on any atom is -0.142 e. The maximum atomic E-state index is 5.47. The molecule has 0 nitrogen and oxygen atoms in total. The molecule has 1 aliphatic carbocycles. The third kappa shape index (κ3) is 1.54. The van der Waals surface area contributed by atoms with Crippen molar-refractivity contribution in [1.82, 2.24) is 0 Å². The second kappa shape index (κ2) is 2.83. The normalized spacial score (nSPS) is 21.9. The highest BCUT2D eigenvalue weighted by Crippen LogP contribution is 2.31. The lowest BCUT2D eigenvalue weighted by Gasteiger charge is -2.22. The van der Waals surface area contributed by atoms with Crippen molar-refractivity contribution in [2.24, 2.45) is 0 Å². The first kappa shape index (κ1) is 5.77. The average Bonchev–Trinajstić information content (AvgIpc) is 1.55. The van der Waals surface area contributed by atoms with Crippen molar-refractivity contribution in [2.45, 2.75) is 24.5 Å². The molecule has 0 unspecified atom stereocenters. The van der Waals surface area contributed by atoms with Gasteiger partial charge >= 0.3 is 0 Å². The van der Waals surface area contributed by atoms with Crippen LogP contribution < -0.4 is 0 Å². The van der Waals surface area contributed by atoms with E-state index in [0.29, 0.717) is 0 Å². The van der Waals surface area contributed by atoms with E-state index >= 15 is 0 Å². The van der Waals surface area contributed by atoms with Crippen molar-refractivity contribution in [1.29, 1.82) is 0 Å². The highest BCUT2D eigenvalue weighted by Gasteiger charge is 2.16. The van der Waals surface area contributed by atoms with Crippen LogP contribution in [0.15, 0.2) is 0 Å². The molecule has 0 aromatic heterocycles. The second-order valence-corrected chi connectivity index (χ2v) is 3.70. The van der Waals surface area contributed by atoms with Crippen LogP contribution >= 0.6 is 23.4 Å². The molecule has 0 amide bonds. The summed E-state index contributed by atoms with van der Waals surface area (Å²) in [6, 6.07) is 0. The van der Waals surface area contributed by atoms with E-state index in [2.05, 4.69) is 0 Å². The highest BCUT2D eigenvalue weighted by atomic mass is 35.5. The Morgan fingerprint density at radius 1 is 1.57 bits per heavy atom. The molecule has 0 spiro atoms. The molecule has 0 atom stereocenters. The molecule has 0 bridgehead atoms. The van der Waals surface area contributed by atoms with Gasteiger partial charge in [0.15, 0.2) is 0 Å². The third-order valence-corrected chi connectivity index (χ3v) is 2.80. The van der Waals surface area contributed by atoms with Gasteiger partial charge in [-0.25, -0.2) is 0 Å². The maximum Gasteiger partial charge on any atom is 0.0683 e. The van der Waals surface area contributed by atoms with Crippen LogP contribution in [-0.4, -0.2) is 10.5 Å². The first-order chi connectivity index (χ1) is 3.43. The van der Waals surface area contributed by atoms with Crippen LogP contribution in [-0.2, 0) is 0 Å². The number of hydrogen-bond donors (Lipinski definition) is 0. The molecular weight excluding hydrogens is 128 g/mol. The van der Waals surface area contributed by atoms with Crippen LogP contribution in [0.3, 0.4) is 0 Å². The molecule has 1 rings (SSSR count). The largest absolute Gasteiger partial charge is 0.142 e. The summed E-state index contributed by atoms with van der Waals surface area (Å²) >= 11 is 7.36. The van der Waals surface area contributed by atoms with E-state index in [-0.39, 0.29) is 0 Å². The molecule has 7 heavy (non-hydrogen) atoms. The van der Waals surface area contributed by atoms with Crippen LogP contribution in [0.2, 0.25) is 0 Å². The van der Waals surface area contributed by atoms with Gasteiger partial charge in [-0.05, 0) is 12.8 Å². The Morgan fingerprint density at radius 3 is 2.43 bits per heavy atom. The average molecular weight is 137 g/mol. The summed E-state index contributed by atoms with van der Waals surface area (Å²) in [5.41, 5.74) is 0. The smallest absolute Gasteiger partial charge is 0.0683 e. The van der Waals surface area contributed by atoms with Gasteiger partial charge in [-0.15, -0.1) is 23.4 Å². The quantitative estimate of drug-likeness (QED) is 0.526. The lowest BCUT2D eigenvalue weighted by molar-refractivity contribution is 0.523. The predicted molar refractivity (Wildman–Crippen MR) is 35.9 cm³/mol. The minimum atomic E-state index is 0.782. The topological polar surface area (TPSA) is 0 Å². The minimum absolute atomic E-state index is 0.782. The zero-order chi connectivity index (χ0) is 5.11. The number of rotatable bonds is 2. The van der Waals surface area contributed by atoms with Gasteiger partial charge in [-0.2, -0.15) is 0 Å². The van der Waals surface area contributed by atoms with Gasteiger partial charge in [0.2, 0.25) is 0 Å². The van der Waals surface area contributed by atoms with Gasteiger partial charge in [0.1, 0.15) is 0 Å². The molecule has 0 saturated heterocycles. The van der Waals surface area contributed by atoms with E-state index in [1.165, 1.54) is 19.3 Å². The van der Waals surface area contributed by atoms with Crippen LogP contribution in [0.1, 0.15) is 19.3 Å². The lowest BCUT2D eigenvalue weighted by atomic mass is 10.0. The van der Waals surface area contributed by atoms with Gasteiger partial charge in [-0.1, -0.05) is 6.42 Å². The van der Waals surface area contributed by atoms with Gasteiger partial charge in [0, 0.05) is 5.25 Å². The molecule has 0 heterocycles. The summed E-state index contributed by atoms with van der Waals surface area (Å²) in [6.45, 7) is 0. The van der Waals surface area contributed by atoms with Crippen LogP contribution in [0.25, 0.3) is 0 Å². The fourth-order valence-electron chi connectivity index (χ4n) is 0.627. The molecule has 1 aliphatic rings. The Kier molecular flexibility index (Phi) is 2.33. The van der Waals surface area contributed by atoms with Crippen molar-refractivity contribution in [3.8, 4) is 0 Å². The van der Waals surface area contributed by atoms with Crippen molar-refractivity contribution in [2.75, 3.05) is 5.21 Å². The van der Waals surface area contributed by atoms with E-state index in [0.717, 1.165) is 10.5 Å². The van der Waals surface area contributed by atoms with Gasteiger partial charge in [0.25, 0.3) is 0 Å². The van der Waals surface area contributed by atoms with Crippen LogP contribution in [0, 0.1) is 0 Å². The zero-order valence-corrected chi connectivity index (χ0v) is 5.76. The lowest BCUT2D eigenvalue weighted by Crippen LogP contribution is -2.12. The Hall–Kier alpha value is 0.640. The maximum absolute atomic E-state index is 5.47. The summed E-state index contributed by atoms with van der Waals surface area (Å²) < 4.78 is 0. The Bertz CT molecular complexity index is 52.0. The van der Waals surface area contributed by atoms with Crippen molar-refractivity contribution in [3.63, 3.8) is 0 Å². The third-order valence-electron chi connectivity index (χ3n) is 1.35. The monoisotopic (exact) mass is 136 g/mol. The summed E-state index contributed by atoms with van der Waals surface area (Å²) in [5, 5.41) is 1.70. The summed E-state index contributed by atoms with van der Waals surface area (Å²) in [4.78, 5) is 0. The molecular formula is C5H9ClS. The molecule has 1 fully saturated rings. The fraction of sp³-hybridized carbons (Fsp3) is 1.00. The number of alkyl halides is 1. The number of halogens is 1. The Morgan fingerprint density at radius 2 is 2.29 bits per heavy atom. The van der Waals surface area contributed by atoms with Crippen molar-refractivity contribution < 1.29 is 0 Å². The van der Waals surface area contributed by atoms with E-state index in [1.54, 1.807) is 0 Å². The standard InChI is InChI=1S/C5H9ClS/c6-4-7-5-2-1-3-5/h5H,1-4H2. The van der Waals surface area contributed by atoms with E-state index < -0.39 is 0 Å². The zero-order valence-electron chi connectivity index (χ0n) is 4.19. The molecule has 1 saturated carbocycles. The molecule has 0 aliphatic heterocycles. The molecule has 2 heteroatoms. The van der Waals surface area contributed by atoms with Crippen molar-refractivity contribution in [3.05, 3.63) is 0 Å². The van der Waals surface area contributed by atoms with Gasteiger partial charge < -0.3 is 0 Å². The Balaban J connectivity index is 1.93. The summed E-state index contributed by atoms with van der Waals surface area (Å²) in [6.07, 6.45) is 4.23.